The van der Waals surface area contributed by atoms with Gasteiger partial charge in [0.25, 0.3) is 5.91 Å². The van der Waals surface area contributed by atoms with E-state index in [2.05, 4.69) is 5.32 Å². The Hall–Kier alpha value is -0.770. The molecule has 1 aromatic rings. The van der Waals surface area contributed by atoms with Gasteiger partial charge in [0.05, 0.1) is 22.7 Å². The Morgan fingerprint density at radius 2 is 2.00 bits per heavy atom. The van der Waals surface area contributed by atoms with Crippen LogP contribution in [0.3, 0.4) is 0 Å². The second-order valence-electron chi connectivity index (χ2n) is 4.56. The van der Waals surface area contributed by atoms with E-state index in [0.717, 1.165) is 25.7 Å². The molecule has 2 atom stereocenters. The van der Waals surface area contributed by atoms with Crippen molar-refractivity contribution in [1.29, 1.82) is 0 Å². The maximum atomic E-state index is 12.1. The van der Waals surface area contributed by atoms with E-state index in [1.165, 1.54) is 6.07 Å². The number of hydrogen-bond acceptors (Lipinski definition) is 2. The fourth-order valence-electron chi connectivity index (χ4n) is 2.20. The Morgan fingerprint density at radius 3 is 2.72 bits per heavy atom. The molecule has 0 heterocycles. The molecule has 1 aliphatic rings. The van der Waals surface area contributed by atoms with Crippen LogP contribution in [-0.4, -0.2) is 23.2 Å². The molecule has 0 radical (unpaired) electrons. The van der Waals surface area contributed by atoms with Gasteiger partial charge in [-0.2, -0.15) is 0 Å². The summed E-state index contributed by atoms with van der Waals surface area (Å²) < 4.78 is 0. The zero-order valence-electron chi connectivity index (χ0n) is 9.83. The Labute approximate surface area is 116 Å². The van der Waals surface area contributed by atoms with Crippen LogP contribution in [0.5, 0.6) is 0 Å². The minimum atomic E-state index is -0.472. The smallest absolute Gasteiger partial charge is 0.253 e. The molecule has 18 heavy (non-hydrogen) atoms. The molecule has 1 aliphatic carbocycles. The van der Waals surface area contributed by atoms with Gasteiger partial charge in [0.15, 0.2) is 0 Å². The van der Waals surface area contributed by atoms with Gasteiger partial charge in [-0.15, -0.1) is 0 Å². The zero-order chi connectivity index (χ0) is 13.1. The van der Waals surface area contributed by atoms with Crippen LogP contribution in [0.1, 0.15) is 36.0 Å². The minimum absolute atomic E-state index is 0.193. The standard InChI is InChI=1S/C13H15Cl2NO2/c14-8-5-6-10(15)9(7-8)13(18)16-11-3-1-2-4-12(11)17/h5-7,11-12,17H,1-4H2,(H,16,18)/t11-,12-/m1/s1. The topological polar surface area (TPSA) is 49.3 Å². The SMILES string of the molecule is O=C(N[C@@H]1CCCC[C@H]1O)c1cc(Cl)ccc1Cl. The van der Waals surface area contributed by atoms with Crippen molar-refractivity contribution in [3.8, 4) is 0 Å². The first-order chi connectivity index (χ1) is 8.58. The van der Waals surface area contributed by atoms with E-state index in [1.807, 2.05) is 0 Å². The molecule has 1 saturated carbocycles. The lowest BCUT2D eigenvalue weighted by Gasteiger charge is -2.28. The van der Waals surface area contributed by atoms with Crippen LogP contribution < -0.4 is 5.32 Å². The number of rotatable bonds is 2. The molecule has 2 N–H and O–H groups in total. The molecule has 0 aliphatic heterocycles. The predicted molar refractivity (Wildman–Crippen MR) is 72.2 cm³/mol. The lowest BCUT2D eigenvalue weighted by molar-refractivity contribution is 0.0717. The van der Waals surface area contributed by atoms with Gasteiger partial charge >= 0.3 is 0 Å². The first-order valence-corrected chi connectivity index (χ1v) is 6.77. The lowest BCUT2D eigenvalue weighted by Crippen LogP contribution is -2.45. The summed E-state index contributed by atoms with van der Waals surface area (Å²) in [7, 11) is 0. The fourth-order valence-corrected chi connectivity index (χ4v) is 2.57. The molecule has 98 valence electrons. The largest absolute Gasteiger partial charge is 0.391 e. The lowest BCUT2D eigenvalue weighted by atomic mass is 9.92. The second-order valence-corrected chi connectivity index (χ2v) is 5.40. The van der Waals surface area contributed by atoms with Crippen molar-refractivity contribution >= 4 is 29.1 Å². The second kappa shape index (κ2) is 5.91. The summed E-state index contributed by atoms with van der Waals surface area (Å²) in [6.45, 7) is 0. The van der Waals surface area contributed by atoms with E-state index < -0.39 is 6.10 Å². The Balaban J connectivity index is 2.09. The molecule has 0 aromatic heterocycles. The molecule has 0 saturated heterocycles. The summed E-state index contributed by atoms with van der Waals surface area (Å²) in [6.07, 6.45) is 3.08. The number of aliphatic hydroxyl groups excluding tert-OH is 1. The van der Waals surface area contributed by atoms with Gasteiger partial charge in [0, 0.05) is 5.02 Å². The number of aliphatic hydroxyl groups is 1. The highest BCUT2D eigenvalue weighted by Crippen LogP contribution is 2.22. The molecular weight excluding hydrogens is 273 g/mol. The number of hydrogen-bond donors (Lipinski definition) is 2. The van der Waals surface area contributed by atoms with Crippen molar-refractivity contribution in [2.24, 2.45) is 0 Å². The molecule has 3 nitrogen and oxygen atoms in total. The van der Waals surface area contributed by atoms with Crippen LogP contribution in [0.4, 0.5) is 0 Å². The van der Waals surface area contributed by atoms with Crippen molar-refractivity contribution in [3.05, 3.63) is 33.8 Å². The summed E-state index contributed by atoms with van der Waals surface area (Å²) in [6, 6.07) is 4.57. The normalized spacial score (nSPS) is 23.7. The third kappa shape index (κ3) is 3.16. The highest BCUT2D eigenvalue weighted by molar-refractivity contribution is 6.35. The third-order valence-corrected chi connectivity index (χ3v) is 3.78. The predicted octanol–water partition coefficient (Wildman–Crippen LogP) is 3.03. The first kappa shape index (κ1) is 13.7. The van der Waals surface area contributed by atoms with E-state index in [0.29, 0.717) is 15.6 Å². The summed E-state index contributed by atoms with van der Waals surface area (Å²) in [4.78, 5) is 12.1. The summed E-state index contributed by atoms with van der Waals surface area (Å²) in [5.41, 5.74) is 0.349. The molecule has 1 fully saturated rings. The van der Waals surface area contributed by atoms with Gasteiger partial charge in [-0.05, 0) is 31.0 Å². The average Bonchev–Trinajstić information content (AvgIpc) is 2.35. The molecule has 2 rings (SSSR count). The molecule has 5 heteroatoms. The molecule has 0 bridgehead atoms. The van der Waals surface area contributed by atoms with E-state index in [4.69, 9.17) is 23.2 Å². The monoisotopic (exact) mass is 287 g/mol. The van der Waals surface area contributed by atoms with Crippen molar-refractivity contribution in [2.45, 2.75) is 37.8 Å². The number of halogens is 2. The maximum Gasteiger partial charge on any atom is 0.253 e. The van der Waals surface area contributed by atoms with Crippen molar-refractivity contribution < 1.29 is 9.90 Å². The molecule has 0 spiro atoms. The van der Waals surface area contributed by atoms with Crippen LogP contribution in [0.2, 0.25) is 10.0 Å². The van der Waals surface area contributed by atoms with Crippen molar-refractivity contribution in [3.63, 3.8) is 0 Å². The number of carbonyl (C=O) groups is 1. The Bertz CT molecular complexity index is 451. The number of amides is 1. The maximum absolute atomic E-state index is 12.1. The van der Waals surface area contributed by atoms with Gasteiger partial charge in [0.2, 0.25) is 0 Å². The molecule has 0 unspecified atom stereocenters. The quantitative estimate of drug-likeness (QED) is 0.878. The Kier molecular flexibility index (Phi) is 4.49. The summed E-state index contributed by atoms with van der Waals surface area (Å²) in [5, 5.41) is 13.5. The first-order valence-electron chi connectivity index (χ1n) is 6.02. The minimum Gasteiger partial charge on any atom is -0.391 e. The van der Waals surface area contributed by atoms with Gasteiger partial charge in [-0.25, -0.2) is 0 Å². The van der Waals surface area contributed by atoms with E-state index in [-0.39, 0.29) is 11.9 Å². The van der Waals surface area contributed by atoms with Crippen molar-refractivity contribution in [1.82, 2.24) is 5.32 Å². The van der Waals surface area contributed by atoms with Gasteiger partial charge in [-0.3, -0.25) is 4.79 Å². The summed E-state index contributed by atoms with van der Waals surface area (Å²) in [5.74, 6) is -0.284. The van der Waals surface area contributed by atoms with E-state index >= 15 is 0 Å². The number of nitrogens with one attached hydrogen (secondary N) is 1. The van der Waals surface area contributed by atoms with Gasteiger partial charge in [0.1, 0.15) is 0 Å². The summed E-state index contributed by atoms with van der Waals surface area (Å²) >= 11 is 11.8. The van der Waals surface area contributed by atoms with E-state index in [9.17, 15) is 9.90 Å². The van der Waals surface area contributed by atoms with Crippen LogP contribution in [0, 0.1) is 0 Å². The van der Waals surface area contributed by atoms with Gasteiger partial charge in [-0.1, -0.05) is 36.0 Å². The van der Waals surface area contributed by atoms with Crippen LogP contribution in [0.15, 0.2) is 18.2 Å². The number of benzene rings is 1. The Morgan fingerprint density at radius 1 is 1.28 bits per heavy atom. The number of carbonyl (C=O) groups excluding carboxylic acids is 1. The zero-order valence-corrected chi connectivity index (χ0v) is 11.3. The molecular formula is C13H15Cl2NO2. The highest BCUT2D eigenvalue weighted by Gasteiger charge is 2.25. The highest BCUT2D eigenvalue weighted by atomic mass is 35.5. The van der Waals surface area contributed by atoms with Crippen LogP contribution in [-0.2, 0) is 0 Å². The molecule has 1 aromatic carbocycles. The van der Waals surface area contributed by atoms with Crippen LogP contribution >= 0.6 is 23.2 Å². The van der Waals surface area contributed by atoms with Crippen LogP contribution in [0.25, 0.3) is 0 Å². The van der Waals surface area contributed by atoms with Gasteiger partial charge < -0.3 is 10.4 Å². The third-order valence-electron chi connectivity index (χ3n) is 3.22. The van der Waals surface area contributed by atoms with Crippen molar-refractivity contribution in [2.75, 3.05) is 0 Å². The molecule has 1 amide bonds. The van der Waals surface area contributed by atoms with E-state index in [1.54, 1.807) is 12.1 Å². The fraction of sp³-hybridized carbons (Fsp3) is 0.462. The average molecular weight is 288 g/mol.